The van der Waals surface area contributed by atoms with Crippen LogP contribution in [-0.2, 0) is 10.0 Å². The Morgan fingerprint density at radius 3 is 2.92 bits per heavy atom. The largest absolute Gasteiger partial charge is 0.487 e. The van der Waals surface area contributed by atoms with E-state index in [0.29, 0.717) is 18.0 Å². The first-order valence-electron chi connectivity index (χ1n) is 8.06. The summed E-state index contributed by atoms with van der Waals surface area (Å²) in [5, 5.41) is 4.25. The third-order valence-corrected chi connectivity index (χ3v) is 6.44. The zero-order chi connectivity index (χ0) is 16.6. The van der Waals surface area contributed by atoms with E-state index >= 15 is 0 Å². The number of hydrogen-bond donors (Lipinski definition) is 0. The summed E-state index contributed by atoms with van der Waals surface area (Å²) in [5.74, 6) is 0.726. The maximum atomic E-state index is 13.0. The summed E-state index contributed by atoms with van der Waals surface area (Å²) in [7, 11) is -3.52. The molecule has 0 bridgehead atoms. The molecule has 24 heavy (non-hydrogen) atoms. The van der Waals surface area contributed by atoms with Gasteiger partial charge in [0, 0.05) is 31.0 Å². The summed E-state index contributed by atoms with van der Waals surface area (Å²) < 4.78 is 35.1. The fourth-order valence-electron chi connectivity index (χ4n) is 3.26. The zero-order valence-corrected chi connectivity index (χ0v) is 14.0. The quantitative estimate of drug-likeness (QED) is 0.856. The van der Waals surface area contributed by atoms with Crippen LogP contribution < -0.4 is 4.74 Å². The average molecular weight is 345 g/mol. The molecule has 1 fully saturated rings. The van der Waals surface area contributed by atoms with Gasteiger partial charge in [0.05, 0.1) is 10.9 Å². The van der Waals surface area contributed by atoms with Crippen molar-refractivity contribution in [2.24, 2.45) is 0 Å². The first-order valence-corrected chi connectivity index (χ1v) is 9.50. The monoisotopic (exact) mass is 345 g/mol. The summed E-state index contributed by atoms with van der Waals surface area (Å²) >= 11 is 0. The third kappa shape index (κ3) is 2.74. The first-order chi connectivity index (χ1) is 11.6. The molecule has 7 heteroatoms. The molecule has 1 aromatic carbocycles. The summed E-state index contributed by atoms with van der Waals surface area (Å²) in [6, 6.07) is 9.42. The van der Waals surface area contributed by atoms with Crippen molar-refractivity contribution in [1.82, 2.24) is 14.1 Å². The molecular weight excluding hydrogens is 326 g/mol. The van der Waals surface area contributed by atoms with Crippen molar-refractivity contribution in [3.8, 4) is 5.75 Å². The standard InChI is InChI=1S/C17H19N3O3S/c21-24(22,16-11-14-5-1-2-7-17(14)23-13-16)19-9-3-6-15(12-19)20-10-4-8-18-20/h1-2,4-5,7-8,10-11,15H,3,6,9,12-13H2. The minimum atomic E-state index is -3.52. The highest BCUT2D eigenvalue weighted by atomic mass is 32.2. The van der Waals surface area contributed by atoms with Crippen LogP contribution in [0.4, 0.5) is 0 Å². The lowest BCUT2D eigenvalue weighted by molar-refractivity contribution is 0.253. The molecule has 2 aliphatic heterocycles. The number of hydrogen-bond acceptors (Lipinski definition) is 4. The lowest BCUT2D eigenvalue weighted by Crippen LogP contribution is -2.42. The topological polar surface area (TPSA) is 64.4 Å². The molecule has 0 spiro atoms. The van der Waals surface area contributed by atoms with Crippen LogP contribution in [0.1, 0.15) is 24.4 Å². The number of para-hydroxylation sites is 1. The summed E-state index contributed by atoms with van der Waals surface area (Å²) in [6.45, 7) is 1.07. The number of benzene rings is 1. The Morgan fingerprint density at radius 2 is 2.08 bits per heavy atom. The van der Waals surface area contributed by atoms with E-state index in [1.54, 1.807) is 16.6 Å². The molecule has 0 aliphatic carbocycles. The van der Waals surface area contributed by atoms with Gasteiger partial charge in [-0.15, -0.1) is 0 Å². The first kappa shape index (κ1) is 15.4. The second-order valence-electron chi connectivity index (χ2n) is 6.08. The molecule has 126 valence electrons. The number of ether oxygens (including phenoxy) is 1. The molecule has 6 nitrogen and oxygen atoms in total. The number of fused-ring (bicyclic) bond motifs is 1. The molecule has 2 aliphatic rings. The smallest absolute Gasteiger partial charge is 0.242 e. The molecule has 1 unspecified atom stereocenters. The molecule has 0 saturated carbocycles. The molecule has 0 amide bonds. The van der Waals surface area contributed by atoms with Crippen LogP contribution in [0.15, 0.2) is 47.6 Å². The van der Waals surface area contributed by atoms with Gasteiger partial charge >= 0.3 is 0 Å². The van der Waals surface area contributed by atoms with Crippen LogP contribution in [0, 0.1) is 0 Å². The second kappa shape index (κ2) is 6.07. The van der Waals surface area contributed by atoms with E-state index in [2.05, 4.69) is 5.10 Å². The highest BCUT2D eigenvalue weighted by Gasteiger charge is 2.33. The van der Waals surface area contributed by atoms with Crippen LogP contribution in [0.5, 0.6) is 5.75 Å². The van der Waals surface area contributed by atoms with Gasteiger partial charge in [0.1, 0.15) is 12.4 Å². The number of aromatic nitrogens is 2. The van der Waals surface area contributed by atoms with Crippen LogP contribution in [0.2, 0.25) is 0 Å². The zero-order valence-electron chi connectivity index (χ0n) is 13.2. The van der Waals surface area contributed by atoms with E-state index in [1.807, 2.05) is 41.2 Å². The fourth-order valence-corrected chi connectivity index (χ4v) is 4.81. The summed E-state index contributed by atoms with van der Waals surface area (Å²) in [5.41, 5.74) is 0.808. The Bertz CT molecular complexity index is 859. The van der Waals surface area contributed by atoms with Gasteiger partial charge < -0.3 is 4.74 Å². The van der Waals surface area contributed by atoms with Crippen LogP contribution >= 0.6 is 0 Å². The average Bonchev–Trinajstić information content (AvgIpc) is 3.16. The Morgan fingerprint density at radius 1 is 1.21 bits per heavy atom. The molecule has 1 aromatic heterocycles. The normalized spacial score (nSPS) is 21.7. The number of sulfonamides is 1. The van der Waals surface area contributed by atoms with Crippen molar-refractivity contribution in [3.63, 3.8) is 0 Å². The van der Waals surface area contributed by atoms with Crippen molar-refractivity contribution < 1.29 is 13.2 Å². The van der Waals surface area contributed by atoms with Gasteiger partial charge in [0.15, 0.2) is 0 Å². The number of rotatable bonds is 3. The van der Waals surface area contributed by atoms with E-state index in [0.717, 1.165) is 24.2 Å². The van der Waals surface area contributed by atoms with Crippen LogP contribution in [0.25, 0.3) is 6.08 Å². The minimum absolute atomic E-state index is 0.0842. The van der Waals surface area contributed by atoms with Gasteiger partial charge in [-0.05, 0) is 31.1 Å². The second-order valence-corrected chi connectivity index (χ2v) is 8.07. The fraction of sp³-hybridized carbons (Fsp3) is 0.353. The Labute approximate surface area is 141 Å². The van der Waals surface area contributed by atoms with E-state index < -0.39 is 10.0 Å². The molecule has 2 aromatic rings. The Balaban J connectivity index is 1.60. The maximum Gasteiger partial charge on any atom is 0.242 e. The van der Waals surface area contributed by atoms with Crippen LogP contribution in [-0.4, -0.2) is 42.2 Å². The van der Waals surface area contributed by atoms with E-state index in [1.165, 1.54) is 0 Å². The lowest BCUT2D eigenvalue weighted by atomic mass is 10.1. The Hall–Kier alpha value is -2.12. The van der Waals surface area contributed by atoms with Gasteiger partial charge in [-0.1, -0.05) is 18.2 Å². The van der Waals surface area contributed by atoms with E-state index in [9.17, 15) is 8.42 Å². The highest BCUT2D eigenvalue weighted by molar-refractivity contribution is 7.93. The molecule has 1 saturated heterocycles. The number of piperidine rings is 1. The maximum absolute atomic E-state index is 13.0. The van der Waals surface area contributed by atoms with Crippen molar-refractivity contribution >= 4 is 16.1 Å². The van der Waals surface area contributed by atoms with Gasteiger partial charge in [-0.25, -0.2) is 8.42 Å². The molecule has 4 rings (SSSR count). The number of nitrogens with zero attached hydrogens (tertiary/aromatic N) is 3. The van der Waals surface area contributed by atoms with Gasteiger partial charge in [0.2, 0.25) is 10.0 Å². The minimum Gasteiger partial charge on any atom is -0.487 e. The molecule has 0 N–H and O–H groups in total. The third-order valence-electron chi connectivity index (χ3n) is 4.53. The van der Waals surface area contributed by atoms with Crippen LogP contribution in [0.3, 0.4) is 0 Å². The van der Waals surface area contributed by atoms with Gasteiger partial charge in [-0.3, -0.25) is 4.68 Å². The SMILES string of the molecule is O=S(=O)(C1=Cc2ccccc2OC1)N1CCCC(n2cccn2)C1. The van der Waals surface area contributed by atoms with Crippen molar-refractivity contribution in [2.45, 2.75) is 18.9 Å². The lowest BCUT2D eigenvalue weighted by Gasteiger charge is -2.33. The van der Waals surface area contributed by atoms with Crippen molar-refractivity contribution in [3.05, 3.63) is 53.2 Å². The van der Waals surface area contributed by atoms with Crippen molar-refractivity contribution in [1.29, 1.82) is 0 Å². The summed E-state index contributed by atoms with van der Waals surface area (Å²) in [4.78, 5) is 0.322. The summed E-state index contributed by atoms with van der Waals surface area (Å²) in [6.07, 6.45) is 7.11. The highest BCUT2D eigenvalue weighted by Crippen LogP contribution is 2.31. The molecule has 0 radical (unpaired) electrons. The molecule has 1 atom stereocenters. The molecule has 3 heterocycles. The molecular formula is C17H19N3O3S. The van der Waals surface area contributed by atoms with E-state index in [4.69, 9.17) is 4.74 Å². The van der Waals surface area contributed by atoms with E-state index in [-0.39, 0.29) is 12.6 Å². The predicted octanol–water partition coefficient (Wildman–Crippen LogP) is 2.28. The van der Waals surface area contributed by atoms with Gasteiger partial charge in [-0.2, -0.15) is 9.40 Å². The van der Waals surface area contributed by atoms with Crippen molar-refractivity contribution in [2.75, 3.05) is 19.7 Å². The Kier molecular flexibility index (Phi) is 3.90. The van der Waals surface area contributed by atoms with Gasteiger partial charge in [0.25, 0.3) is 0 Å². The predicted molar refractivity (Wildman–Crippen MR) is 90.9 cm³/mol.